The average molecular weight is 222 g/mol. The monoisotopic (exact) mass is 222 g/mol. The lowest BCUT2D eigenvalue weighted by atomic mass is 10.3. The second kappa shape index (κ2) is 4.14. The normalized spacial score (nSPS) is 10.1. The molecule has 0 aliphatic rings. The van der Waals surface area contributed by atoms with Crippen LogP contribution in [0.1, 0.15) is 0 Å². The van der Waals surface area contributed by atoms with Crippen LogP contribution < -0.4 is 10.5 Å². The fourth-order valence-electron chi connectivity index (χ4n) is 1.18. The maximum absolute atomic E-state index is 13.2. The van der Waals surface area contributed by atoms with Crippen molar-refractivity contribution in [3.8, 4) is 11.5 Å². The van der Waals surface area contributed by atoms with Crippen molar-refractivity contribution in [3.63, 3.8) is 0 Å². The SMILES string of the molecule is Nc1cncc(Oc2ccc(F)cc2F)c1. The first kappa shape index (κ1) is 10.4. The maximum atomic E-state index is 13.2. The zero-order chi connectivity index (χ0) is 11.5. The number of pyridine rings is 1. The first-order chi connectivity index (χ1) is 7.65. The quantitative estimate of drug-likeness (QED) is 0.849. The molecule has 0 bridgehead atoms. The fraction of sp³-hybridized carbons (Fsp3) is 0. The van der Waals surface area contributed by atoms with E-state index in [2.05, 4.69) is 4.98 Å². The van der Waals surface area contributed by atoms with E-state index in [4.69, 9.17) is 10.5 Å². The first-order valence-electron chi connectivity index (χ1n) is 4.48. The lowest BCUT2D eigenvalue weighted by Gasteiger charge is -2.06. The summed E-state index contributed by atoms with van der Waals surface area (Å²) in [6.45, 7) is 0. The van der Waals surface area contributed by atoms with E-state index in [0.29, 0.717) is 11.4 Å². The zero-order valence-electron chi connectivity index (χ0n) is 8.15. The molecule has 5 heteroatoms. The number of aromatic nitrogens is 1. The summed E-state index contributed by atoms with van der Waals surface area (Å²) in [5.74, 6) is -1.21. The third-order valence-corrected chi connectivity index (χ3v) is 1.86. The van der Waals surface area contributed by atoms with Crippen LogP contribution in [0.25, 0.3) is 0 Å². The molecule has 2 rings (SSSR count). The highest BCUT2D eigenvalue weighted by Gasteiger charge is 2.06. The molecule has 16 heavy (non-hydrogen) atoms. The van der Waals surface area contributed by atoms with Gasteiger partial charge in [0, 0.05) is 12.1 Å². The molecular formula is C11H8F2N2O. The number of hydrogen-bond acceptors (Lipinski definition) is 3. The van der Waals surface area contributed by atoms with E-state index < -0.39 is 11.6 Å². The van der Waals surface area contributed by atoms with Gasteiger partial charge < -0.3 is 10.5 Å². The molecule has 0 spiro atoms. The van der Waals surface area contributed by atoms with Crippen molar-refractivity contribution < 1.29 is 13.5 Å². The standard InChI is InChI=1S/C11H8F2N2O/c12-7-1-2-11(10(13)3-7)16-9-4-8(14)5-15-6-9/h1-6H,14H2. The molecule has 0 unspecified atom stereocenters. The van der Waals surface area contributed by atoms with E-state index in [9.17, 15) is 8.78 Å². The summed E-state index contributed by atoms with van der Waals surface area (Å²) >= 11 is 0. The molecule has 0 atom stereocenters. The Morgan fingerprint density at radius 1 is 1.12 bits per heavy atom. The Morgan fingerprint density at radius 2 is 1.94 bits per heavy atom. The molecule has 0 aliphatic heterocycles. The molecule has 3 nitrogen and oxygen atoms in total. The lowest BCUT2D eigenvalue weighted by Crippen LogP contribution is -1.92. The molecule has 0 aliphatic carbocycles. The Kier molecular flexibility index (Phi) is 2.68. The van der Waals surface area contributed by atoms with Crippen molar-refractivity contribution in [1.29, 1.82) is 0 Å². The largest absolute Gasteiger partial charge is 0.453 e. The van der Waals surface area contributed by atoms with Crippen molar-refractivity contribution >= 4 is 5.69 Å². The molecule has 0 saturated carbocycles. The minimum Gasteiger partial charge on any atom is -0.453 e. The van der Waals surface area contributed by atoms with Crippen molar-refractivity contribution in [2.45, 2.75) is 0 Å². The summed E-state index contributed by atoms with van der Waals surface area (Å²) in [6, 6.07) is 4.55. The number of anilines is 1. The Morgan fingerprint density at radius 3 is 2.62 bits per heavy atom. The van der Waals surface area contributed by atoms with Gasteiger partial charge in [-0.3, -0.25) is 4.98 Å². The Hall–Kier alpha value is -2.17. The smallest absolute Gasteiger partial charge is 0.168 e. The van der Waals surface area contributed by atoms with Crippen molar-refractivity contribution in [1.82, 2.24) is 4.98 Å². The second-order valence-corrected chi connectivity index (χ2v) is 3.13. The third kappa shape index (κ3) is 2.25. The number of nitrogens with zero attached hydrogens (tertiary/aromatic N) is 1. The Bertz CT molecular complexity index is 517. The van der Waals surface area contributed by atoms with Crippen LogP contribution in [0.5, 0.6) is 11.5 Å². The van der Waals surface area contributed by atoms with Gasteiger partial charge in [-0.15, -0.1) is 0 Å². The summed E-state index contributed by atoms with van der Waals surface area (Å²) in [5, 5.41) is 0. The van der Waals surface area contributed by atoms with Crippen LogP contribution in [0.3, 0.4) is 0 Å². The average Bonchev–Trinajstić information content (AvgIpc) is 2.22. The molecule has 0 amide bonds. The van der Waals surface area contributed by atoms with Gasteiger partial charge in [0.25, 0.3) is 0 Å². The molecular weight excluding hydrogens is 214 g/mol. The summed E-state index contributed by atoms with van der Waals surface area (Å²) in [7, 11) is 0. The van der Waals surface area contributed by atoms with E-state index in [1.54, 1.807) is 0 Å². The van der Waals surface area contributed by atoms with Gasteiger partial charge >= 0.3 is 0 Å². The van der Waals surface area contributed by atoms with Crippen LogP contribution >= 0.6 is 0 Å². The molecule has 0 radical (unpaired) electrons. The van der Waals surface area contributed by atoms with Crippen LogP contribution in [0.4, 0.5) is 14.5 Å². The van der Waals surface area contributed by atoms with E-state index >= 15 is 0 Å². The van der Waals surface area contributed by atoms with Gasteiger partial charge in [-0.1, -0.05) is 0 Å². The minimum absolute atomic E-state index is 0.0752. The van der Waals surface area contributed by atoms with Crippen LogP contribution in [-0.4, -0.2) is 4.98 Å². The lowest BCUT2D eigenvalue weighted by molar-refractivity contribution is 0.436. The number of halogens is 2. The molecule has 2 aromatic rings. The number of nitrogens with two attached hydrogens (primary N) is 1. The zero-order valence-corrected chi connectivity index (χ0v) is 8.15. The van der Waals surface area contributed by atoms with Gasteiger partial charge in [-0.2, -0.15) is 0 Å². The van der Waals surface area contributed by atoms with Crippen molar-refractivity contribution in [2.24, 2.45) is 0 Å². The molecule has 1 heterocycles. The third-order valence-electron chi connectivity index (χ3n) is 1.86. The van der Waals surface area contributed by atoms with Gasteiger partial charge in [0.15, 0.2) is 11.6 Å². The number of nitrogen functional groups attached to an aromatic ring is 1. The van der Waals surface area contributed by atoms with E-state index in [0.717, 1.165) is 12.1 Å². The number of hydrogen-bond donors (Lipinski definition) is 1. The highest BCUT2D eigenvalue weighted by Crippen LogP contribution is 2.25. The number of ether oxygens (including phenoxy) is 1. The summed E-state index contributed by atoms with van der Waals surface area (Å²) in [4.78, 5) is 3.78. The van der Waals surface area contributed by atoms with Crippen molar-refractivity contribution in [3.05, 3.63) is 48.3 Å². The highest BCUT2D eigenvalue weighted by molar-refractivity contribution is 5.42. The minimum atomic E-state index is -0.776. The summed E-state index contributed by atoms with van der Waals surface area (Å²) in [6.07, 6.45) is 2.83. The Labute approximate surface area is 90.5 Å². The highest BCUT2D eigenvalue weighted by atomic mass is 19.1. The van der Waals surface area contributed by atoms with Crippen LogP contribution in [0.2, 0.25) is 0 Å². The van der Waals surface area contributed by atoms with E-state index in [1.807, 2.05) is 0 Å². The van der Waals surface area contributed by atoms with Gasteiger partial charge in [0.05, 0.1) is 18.1 Å². The summed E-state index contributed by atoms with van der Waals surface area (Å²) in [5.41, 5.74) is 5.88. The topological polar surface area (TPSA) is 48.1 Å². The van der Waals surface area contributed by atoms with Crippen LogP contribution in [0.15, 0.2) is 36.7 Å². The van der Waals surface area contributed by atoms with Gasteiger partial charge in [-0.05, 0) is 12.1 Å². The number of rotatable bonds is 2. The molecule has 82 valence electrons. The van der Waals surface area contributed by atoms with Crippen molar-refractivity contribution in [2.75, 3.05) is 5.73 Å². The van der Waals surface area contributed by atoms with Gasteiger partial charge in [-0.25, -0.2) is 8.78 Å². The van der Waals surface area contributed by atoms with Crippen LogP contribution in [-0.2, 0) is 0 Å². The Balaban J connectivity index is 2.27. The molecule has 1 aromatic heterocycles. The number of benzene rings is 1. The molecule has 0 saturated heterocycles. The van der Waals surface area contributed by atoms with E-state index in [-0.39, 0.29) is 5.75 Å². The summed E-state index contributed by atoms with van der Waals surface area (Å²) < 4.78 is 31.0. The maximum Gasteiger partial charge on any atom is 0.168 e. The predicted molar refractivity (Wildman–Crippen MR) is 55.1 cm³/mol. The molecule has 2 N–H and O–H groups in total. The first-order valence-corrected chi connectivity index (χ1v) is 4.48. The van der Waals surface area contributed by atoms with E-state index in [1.165, 1.54) is 24.5 Å². The molecule has 0 fully saturated rings. The molecule has 1 aromatic carbocycles. The van der Waals surface area contributed by atoms with Gasteiger partial charge in [0.1, 0.15) is 11.6 Å². The fourth-order valence-corrected chi connectivity index (χ4v) is 1.18. The van der Waals surface area contributed by atoms with Gasteiger partial charge in [0.2, 0.25) is 0 Å². The predicted octanol–water partition coefficient (Wildman–Crippen LogP) is 2.73. The second-order valence-electron chi connectivity index (χ2n) is 3.13. The van der Waals surface area contributed by atoms with Crippen LogP contribution in [0, 0.1) is 11.6 Å².